The predicted octanol–water partition coefficient (Wildman–Crippen LogP) is 3.48. The van der Waals surface area contributed by atoms with Crippen LogP contribution in [0.4, 0.5) is 9.80 Å². The number of fused-ring (bicyclic) bond motifs is 3. The van der Waals surface area contributed by atoms with Gasteiger partial charge in [-0.05, 0) is 25.0 Å². The summed E-state index contributed by atoms with van der Waals surface area (Å²) in [7, 11) is 1.43. The largest absolute Gasteiger partial charge is 0.504 e. The minimum atomic E-state index is -0.663. The number of methoxy groups -OCH3 is 1. The second-order valence-corrected chi connectivity index (χ2v) is 8.22. The van der Waals surface area contributed by atoms with Gasteiger partial charge in [0.1, 0.15) is 11.2 Å². The van der Waals surface area contributed by atoms with E-state index in [0.717, 1.165) is 10.4 Å². The normalized spacial score (nSPS) is 17.7. The Morgan fingerprint density at radius 3 is 2.93 bits per heavy atom. The molecule has 0 bridgehead atoms. The van der Waals surface area contributed by atoms with E-state index >= 15 is 0 Å². The van der Waals surface area contributed by atoms with Crippen LogP contribution in [0.5, 0.6) is 11.5 Å². The van der Waals surface area contributed by atoms with Gasteiger partial charge in [0.2, 0.25) is 0 Å². The van der Waals surface area contributed by atoms with Gasteiger partial charge in [0.25, 0.3) is 5.91 Å². The molecule has 2 amide bonds. The van der Waals surface area contributed by atoms with E-state index in [9.17, 15) is 14.7 Å². The van der Waals surface area contributed by atoms with Crippen molar-refractivity contribution in [2.45, 2.75) is 26.1 Å². The van der Waals surface area contributed by atoms with E-state index in [2.05, 4.69) is 10.6 Å². The SMILES string of the molecule is CCOC(=O)N1CCc2c(sc3c2C(=O)N[C@H](c2cc(Cl)cc(OC)c2O)N3)C1. The summed E-state index contributed by atoms with van der Waals surface area (Å²) in [6.45, 7) is 2.99. The van der Waals surface area contributed by atoms with E-state index in [1.807, 2.05) is 0 Å². The number of carbonyl (C=O) groups is 2. The number of anilines is 1. The van der Waals surface area contributed by atoms with Gasteiger partial charge in [-0.25, -0.2) is 4.79 Å². The minimum absolute atomic E-state index is 0.0899. The lowest BCUT2D eigenvalue weighted by molar-refractivity contribution is 0.0933. The third-order valence-corrected chi connectivity index (χ3v) is 6.33. The number of phenols is 1. The fourth-order valence-electron chi connectivity index (χ4n) is 3.61. The van der Waals surface area contributed by atoms with Gasteiger partial charge in [0.15, 0.2) is 11.5 Å². The number of nitrogens with zero attached hydrogens (tertiary/aromatic N) is 1. The molecular formula is C19H20ClN3O5S. The Hall–Kier alpha value is -2.65. The molecule has 4 rings (SSSR count). The van der Waals surface area contributed by atoms with Crippen LogP contribution < -0.4 is 15.4 Å². The molecule has 3 heterocycles. The number of benzene rings is 1. The smallest absolute Gasteiger partial charge is 0.410 e. The summed E-state index contributed by atoms with van der Waals surface area (Å²) in [6, 6.07) is 3.09. The van der Waals surface area contributed by atoms with Crippen LogP contribution in [0.2, 0.25) is 5.02 Å². The number of phenolic OH excluding ortho intramolecular Hbond substituents is 1. The molecule has 2 aliphatic rings. The Bertz CT molecular complexity index is 993. The second kappa shape index (κ2) is 7.64. The lowest BCUT2D eigenvalue weighted by Crippen LogP contribution is -2.39. The standard InChI is InChI=1S/C19H20ClN3O5S/c1-3-28-19(26)23-5-4-10-13(8-23)29-18-14(10)17(25)21-16(22-18)11-6-9(20)7-12(27-2)15(11)24/h6-7,16,22,24H,3-5,8H2,1-2H3,(H,21,25)/t16-/m0/s1. The van der Waals surface area contributed by atoms with Crippen LogP contribution in [-0.2, 0) is 17.7 Å². The molecule has 0 saturated heterocycles. The van der Waals surface area contributed by atoms with Crippen molar-refractivity contribution in [3.63, 3.8) is 0 Å². The van der Waals surface area contributed by atoms with Crippen molar-refractivity contribution in [2.24, 2.45) is 0 Å². The molecule has 29 heavy (non-hydrogen) atoms. The van der Waals surface area contributed by atoms with E-state index in [-0.39, 0.29) is 23.5 Å². The maximum absolute atomic E-state index is 12.9. The van der Waals surface area contributed by atoms with Gasteiger partial charge < -0.3 is 30.1 Å². The van der Waals surface area contributed by atoms with Crippen LogP contribution in [0.25, 0.3) is 0 Å². The molecule has 0 radical (unpaired) electrons. The third-order valence-electron chi connectivity index (χ3n) is 4.96. The summed E-state index contributed by atoms with van der Waals surface area (Å²) in [5.41, 5.74) is 1.95. The van der Waals surface area contributed by atoms with Gasteiger partial charge in [-0.3, -0.25) is 4.79 Å². The molecule has 1 aromatic carbocycles. The molecule has 1 aromatic heterocycles. The van der Waals surface area contributed by atoms with Crippen molar-refractivity contribution in [3.05, 3.63) is 38.7 Å². The first kappa shape index (κ1) is 19.7. The number of nitrogens with one attached hydrogen (secondary N) is 2. The summed E-state index contributed by atoms with van der Waals surface area (Å²) in [4.78, 5) is 27.5. The monoisotopic (exact) mass is 437 g/mol. The van der Waals surface area contributed by atoms with Crippen LogP contribution in [0.3, 0.4) is 0 Å². The Kier molecular flexibility index (Phi) is 5.18. The van der Waals surface area contributed by atoms with Gasteiger partial charge >= 0.3 is 6.09 Å². The Labute approximate surface area is 176 Å². The fourth-order valence-corrected chi connectivity index (χ4v) is 5.12. The van der Waals surface area contributed by atoms with E-state index < -0.39 is 6.17 Å². The Balaban J connectivity index is 1.64. The topological polar surface area (TPSA) is 100 Å². The fraction of sp³-hybridized carbons (Fsp3) is 0.368. The zero-order chi connectivity index (χ0) is 20.7. The van der Waals surface area contributed by atoms with Crippen molar-refractivity contribution in [1.82, 2.24) is 10.2 Å². The highest BCUT2D eigenvalue weighted by Crippen LogP contribution is 2.43. The number of halogens is 1. The lowest BCUT2D eigenvalue weighted by Gasteiger charge is -2.28. The van der Waals surface area contributed by atoms with Gasteiger partial charge in [-0.1, -0.05) is 11.6 Å². The van der Waals surface area contributed by atoms with Crippen LogP contribution in [-0.4, -0.2) is 42.3 Å². The lowest BCUT2D eigenvalue weighted by atomic mass is 10.00. The molecule has 2 aliphatic heterocycles. The Morgan fingerprint density at radius 2 is 2.21 bits per heavy atom. The molecule has 154 valence electrons. The first-order valence-electron chi connectivity index (χ1n) is 9.13. The maximum Gasteiger partial charge on any atom is 0.410 e. The first-order chi connectivity index (χ1) is 13.9. The van der Waals surface area contributed by atoms with Gasteiger partial charge in [0.05, 0.1) is 25.8 Å². The molecule has 1 atom stereocenters. The number of rotatable bonds is 3. The number of hydrogen-bond acceptors (Lipinski definition) is 7. The van der Waals surface area contributed by atoms with Crippen LogP contribution in [0.1, 0.15) is 39.5 Å². The van der Waals surface area contributed by atoms with Crippen LogP contribution >= 0.6 is 22.9 Å². The first-order valence-corrected chi connectivity index (χ1v) is 10.3. The van der Waals surface area contributed by atoms with Crippen molar-refractivity contribution >= 4 is 39.9 Å². The summed E-state index contributed by atoms with van der Waals surface area (Å²) < 4.78 is 10.2. The van der Waals surface area contributed by atoms with E-state index in [1.54, 1.807) is 17.9 Å². The molecule has 0 aliphatic carbocycles. The molecule has 3 N–H and O–H groups in total. The van der Waals surface area contributed by atoms with E-state index in [0.29, 0.717) is 47.3 Å². The van der Waals surface area contributed by atoms with Crippen molar-refractivity contribution < 1.29 is 24.2 Å². The highest BCUT2D eigenvalue weighted by molar-refractivity contribution is 7.16. The molecule has 10 heteroatoms. The summed E-state index contributed by atoms with van der Waals surface area (Å²) in [5.74, 6) is -0.0953. The van der Waals surface area contributed by atoms with E-state index in [4.69, 9.17) is 21.1 Å². The molecular weight excluding hydrogens is 418 g/mol. The highest BCUT2D eigenvalue weighted by atomic mass is 35.5. The zero-order valence-corrected chi connectivity index (χ0v) is 17.4. The van der Waals surface area contributed by atoms with Gasteiger partial charge in [0, 0.05) is 28.1 Å². The van der Waals surface area contributed by atoms with E-state index in [1.165, 1.54) is 24.5 Å². The predicted molar refractivity (Wildman–Crippen MR) is 109 cm³/mol. The van der Waals surface area contributed by atoms with Gasteiger partial charge in [-0.2, -0.15) is 0 Å². The molecule has 0 saturated carbocycles. The third kappa shape index (κ3) is 3.44. The average Bonchev–Trinajstić information content (AvgIpc) is 3.07. The van der Waals surface area contributed by atoms with Crippen LogP contribution in [0.15, 0.2) is 12.1 Å². The molecule has 8 nitrogen and oxygen atoms in total. The second-order valence-electron chi connectivity index (χ2n) is 6.68. The summed E-state index contributed by atoms with van der Waals surface area (Å²) >= 11 is 7.56. The zero-order valence-electron chi connectivity index (χ0n) is 15.9. The number of aromatic hydroxyl groups is 1. The molecule has 0 fully saturated rings. The van der Waals surface area contributed by atoms with Gasteiger partial charge in [-0.15, -0.1) is 11.3 Å². The minimum Gasteiger partial charge on any atom is -0.504 e. The Morgan fingerprint density at radius 1 is 1.41 bits per heavy atom. The van der Waals surface area contributed by atoms with Crippen molar-refractivity contribution in [2.75, 3.05) is 25.6 Å². The highest BCUT2D eigenvalue weighted by Gasteiger charge is 2.35. The number of carbonyl (C=O) groups excluding carboxylic acids is 2. The molecule has 2 aromatic rings. The van der Waals surface area contributed by atoms with Crippen LogP contribution in [0, 0.1) is 0 Å². The number of hydrogen-bond donors (Lipinski definition) is 3. The average molecular weight is 438 g/mol. The maximum atomic E-state index is 12.9. The number of thiophene rings is 1. The number of amides is 2. The summed E-state index contributed by atoms with van der Waals surface area (Å²) in [5, 5.41) is 17.7. The molecule has 0 unspecified atom stereocenters. The van der Waals surface area contributed by atoms with Crippen molar-refractivity contribution in [1.29, 1.82) is 0 Å². The summed E-state index contributed by atoms with van der Waals surface area (Å²) in [6.07, 6.45) is -0.435. The molecule has 0 spiro atoms. The van der Waals surface area contributed by atoms with Crippen molar-refractivity contribution in [3.8, 4) is 11.5 Å². The quantitative estimate of drug-likeness (QED) is 0.679. The number of ether oxygens (including phenoxy) is 2.